The molecule has 5 aromatic carbocycles. The number of phenols is 9. The van der Waals surface area contributed by atoms with Crippen LogP contribution in [-0.2, 0) is 16.9 Å². The van der Waals surface area contributed by atoms with Crippen LogP contribution in [0.4, 0.5) is 5.69 Å². The summed E-state index contributed by atoms with van der Waals surface area (Å²) in [5.74, 6) is -9.69. The van der Waals surface area contributed by atoms with E-state index >= 15 is 0 Å². The topological polar surface area (TPSA) is 279 Å². The molecular formula is C37H27NO16. The van der Waals surface area contributed by atoms with Gasteiger partial charge >= 0.3 is 5.97 Å². The number of nitro groups is 1. The van der Waals surface area contributed by atoms with Crippen LogP contribution in [0.3, 0.4) is 0 Å². The van der Waals surface area contributed by atoms with E-state index in [1.165, 1.54) is 42.5 Å². The minimum absolute atomic E-state index is 0.00661. The van der Waals surface area contributed by atoms with Crippen LogP contribution in [0.15, 0.2) is 66.7 Å². The summed E-state index contributed by atoms with van der Waals surface area (Å²) < 4.78 is 25.1. The van der Waals surface area contributed by atoms with Gasteiger partial charge in [-0.3, -0.25) is 10.1 Å². The highest BCUT2D eigenvalue weighted by molar-refractivity contribution is 5.91. The maximum absolute atomic E-state index is 13.4. The third kappa shape index (κ3) is 5.20. The predicted molar refractivity (Wildman–Crippen MR) is 180 cm³/mol. The lowest BCUT2D eigenvalue weighted by molar-refractivity contribution is -0.385. The van der Waals surface area contributed by atoms with Gasteiger partial charge in [0, 0.05) is 64.8 Å². The SMILES string of the molecule is O=C(O[C@H]1Cc2c(O)cc3c(c2O[C@@H]1c1cc(O)c(O)c(O)c1)C1CC(c2ccc(O)c(O)c2)(Oc2ccc([N+](=O)[O-])cc21)O3)c1cc(O)c(O)c(O)c1. The van der Waals surface area contributed by atoms with Gasteiger partial charge in [0.2, 0.25) is 0 Å². The molecule has 276 valence electrons. The Labute approximate surface area is 302 Å². The van der Waals surface area contributed by atoms with Crippen LogP contribution in [0.25, 0.3) is 0 Å². The Kier molecular flexibility index (Phi) is 7.37. The van der Waals surface area contributed by atoms with Crippen molar-refractivity contribution in [1.82, 2.24) is 0 Å². The molecule has 3 aliphatic rings. The number of rotatable bonds is 5. The first-order chi connectivity index (χ1) is 25.6. The number of carbonyl (C=O) groups is 1. The van der Waals surface area contributed by atoms with Gasteiger partial charge in [-0.2, -0.15) is 0 Å². The van der Waals surface area contributed by atoms with E-state index in [0.29, 0.717) is 5.56 Å². The average molecular weight is 742 g/mol. The van der Waals surface area contributed by atoms with Crippen LogP contribution in [0.1, 0.15) is 56.6 Å². The number of carbonyl (C=O) groups excluding carboxylic acids is 1. The van der Waals surface area contributed by atoms with Crippen LogP contribution in [0.5, 0.6) is 69.0 Å². The van der Waals surface area contributed by atoms with Gasteiger partial charge in [0.1, 0.15) is 29.1 Å². The van der Waals surface area contributed by atoms with Crippen LogP contribution in [0, 0.1) is 10.1 Å². The number of benzene rings is 5. The maximum Gasteiger partial charge on any atom is 0.338 e. The van der Waals surface area contributed by atoms with Crippen molar-refractivity contribution in [2.45, 2.75) is 36.8 Å². The van der Waals surface area contributed by atoms with Crippen molar-refractivity contribution in [3.8, 4) is 69.0 Å². The Morgan fingerprint density at radius 2 is 1.39 bits per heavy atom. The molecule has 3 aliphatic heterocycles. The molecule has 2 unspecified atom stereocenters. The van der Waals surface area contributed by atoms with Crippen molar-refractivity contribution in [1.29, 1.82) is 0 Å². The first-order valence-corrected chi connectivity index (χ1v) is 16.1. The van der Waals surface area contributed by atoms with Crippen LogP contribution >= 0.6 is 0 Å². The number of fused-ring (bicyclic) bond motifs is 8. The third-order valence-corrected chi connectivity index (χ3v) is 9.70. The summed E-state index contributed by atoms with van der Waals surface area (Å²) in [6.45, 7) is 0. The number of aromatic hydroxyl groups is 9. The van der Waals surface area contributed by atoms with Crippen molar-refractivity contribution in [2.24, 2.45) is 0 Å². The predicted octanol–water partition coefficient (Wildman–Crippen LogP) is 5.01. The van der Waals surface area contributed by atoms with E-state index in [0.717, 1.165) is 24.3 Å². The van der Waals surface area contributed by atoms with Gasteiger partial charge in [-0.15, -0.1) is 0 Å². The van der Waals surface area contributed by atoms with E-state index in [-0.39, 0.29) is 63.6 Å². The third-order valence-electron chi connectivity index (χ3n) is 9.70. The Balaban J connectivity index is 1.30. The lowest BCUT2D eigenvalue weighted by Crippen LogP contribution is -2.47. The van der Waals surface area contributed by atoms with Crippen LogP contribution in [0.2, 0.25) is 0 Å². The van der Waals surface area contributed by atoms with Crippen molar-refractivity contribution in [2.75, 3.05) is 0 Å². The van der Waals surface area contributed by atoms with Gasteiger partial charge in [-0.25, -0.2) is 4.79 Å². The number of ether oxygens (including phenoxy) is 4. The minimum Gasteiger partial charge on any atom is -0.507 e. The molecule has 0 aromatic heterocycles. The highest BCUT2D eigenvalue weighted by atomic mass is 16.7. The summed E-state index contributed by atoms with van der Waals surface area (Å²) >= 11 is 0. The molecule has 2 bridgehead atoms. The smallest absolute Gasteiger partial charge is 0.338 e. The van der Waals surface area contributed by atoms with E-state index in [4.69, 9.17) is 18.9 Å². The molecule has 0 fully saturated rings. The maximum atomic E-state index is 13.4. The largest absolute Gasteiger partial charge is 0.507 e. The zero-order chi connectivity index (χ0) is 38.4. The number of hydrogen-bond donors (Lipinski definition) is 9. The first-order valence-electron chi connectivity index (χ1n) is 16.1. The quantitative estimate of drug-likeness (QED) is 0.0495. The van der Waals surface area contributed by atoms with E-state index in [2.05, 4.69) is 0 Å². The number of nitrogens with zero attached hydrogens (tertiary/aromatic N) is 1. The summed E-state index contributed by atoms with van der Waals surface area (Å²) in [4.78, 5) is 24.7. The molecular weight excluding hydrogens is 714 g/mol. The van der Waals surface area contributed by atoms with Crippen molar-refractivity contribution in [3.63, 3.8) is 0 Å². The zero-order valence-corrected chi connectivity index (χ0v) is 27.3. The van der Waals surface area contributed by atoms with Gasteiger partial charge in [0.05, 0.1) is 10.5 Å². The minimum atomic E-state index is -1.70. The fourth-order valence-corrected chi connectivity index (χ4v) is 7.15. The first kappa shape index (κ1) is 33.7. The second-order valence-electron chi connectivity index (χ2n) is 13.0. The van der Waals surface area contributed by atoms with Crippen molar-refractivity contribution < 1.29 is 74.6 Å². The van der Waals surface area contributed by atoms with Crippen molar-refractivity contribution >= 4 is 11.7 Å². The number of esters is 1. The fourth-order valence-electron chi connectivity index (χ4n) is 7.15. The molecule has 0 aliphatic carbocycles. The Morgan fingerprint density at radius 3 is 2.04 bits per heavy atom. The summed E-state index contributed by atoms with van der Waals surface area (Å²) in [5, 5.41) is 104. The molecule has 0 saturated carbocycles. The number of nitro benzene ring substituents is 1. The standard InChI is InChI=1S/C37H27NO16/c39-21-3-1-16(9-23(21)41)37-13-20(18-10-17(38(49)50)2-4-28(18)53-37)31-29(54-37)12-22(40)19-11-30(51-36(48)15-7-26(44)33(47)27(45)8-15)34(52-35(19)31)14-5-24(42)32(46)25(43)6-14/h1-10,12,20,30,34,39-47H,11,13H2/t20?,30-,34+,37?/m0/s1. The second-order valence-corrected chi connectivity index (χ2v) is 13.0. The molecule has 17 nitrogen and oxygen atoms in total. The average Bonchev–Trinajstić information content (AvgIpc) is 3.13. The van der Waals surface area contributed by atoms with Crippen molar-refractivity contribution in [3.05, 3.63) is 110 Å². The molecule has 5 aromatic rings. The summed E-state index contributed by atoms with van der Waals surface area (Å²) in [6, 6.07) is 12.9. The van der Waals surface area contributed by atoms with Gasteiger partial charge in [-0.05, 0) is 48.5 Å². The Morgan fingerprint density at radius 1 is 0.741 bits per heavy atom. The number of phenolic OH excluding ortho intramolecular Hbond substituents is 9. The molecule has 4 atom stereocenters. The van der Waals surface area contributed by atoms with Gasteiger partial charge in [0.25, 0.3) is 11.5 Å². The molecule has 0 spiro atoms. The molecule has 0 saturated heterocycles. The van der Waals surface area contributed by atoms with Gasteiger partial charge in [0.15, 0.2) is 52.1 Å². The molecule has 17 heteroatoms. The highest BCUT2D eigenvalue weighted by Gasteiger charge is 2.53. The molecule has 9 N–H and O–H groups in total. The molecule has 8 rings (SSSR count). The summed E-state index contributed by atoms with van der Waals surface area (Å²) in [7, 11) is 0. The monoisotopic (exact) mass is 741 g/mol. The van der Waals surface area contributed by atoms with Crippen LogP contribution in [-0.4, -0.2) is 63.0 Å². The fraction of sp³-hybridized carbons (Fsp3) is 0.162. The Bertz CT molecular complexity index is 2400. The number of hydrogen-bond acceptors (Lipinski definition) is 16. The van der Waals surface area contributed by atoms with Gasteiger partial charge in [-0.1, -0.05) is 0 Å². The molecule has 3 heterocycles. The summed E-state index contributed by atoms with van der Waals surface area (Å²) in [5.41, 5.74) is 0.282. The van der Waals surface area contributed by atoms with E-state index < -0.39 is 86.6 Å². The highest BCUT2D eigenvalue weighted by Crippen LogP contribution is 2.61. The molecule has 54 heavy (non-hydrogen) atoms. The lowest BCUT2D eigenvalue weighted by atomic mass is 9.76. The summed E-state index contributed by atoms with van der Waals surface area (Å²) in [6.07, 6.45) is -3.15. The second kappa shape index (κ2) is 11.8. The normalized spacial score (nSPS) is 20.6. The van der Waals surface area contributed by atoms with E-state index in [1.54, 1.807) is 0 Å². The van der Waals surface area contributed by atoms with Gasteiger partial charge < -0.3 is 64.9 Å². The van der Waals surface area contributed by atoms with E-state index in [1.807, 2.05) is 0 Å². The zero-order valence-electron chi connectivity index (χ0n) is 27.3. The number of non-ortho nitro benzene ring substituents is 1. The van der Waals surface area contributed by atoms with Crippen LogP contribution < -0.4 is 14.2 Å². The molecule has 0 radical (unpaired) electrons. The van der Waals surface area contributed by atoms with E-state index in [9.17, 15) is 60.9 Å². The lowest BCUT2D eigenvalue weighted by Gasteiger charge is -2.47. The molecule has 0 amide bonds. The Hall–Kier alpha value is -7.43.